The number of hydrogen-bond donors (Lipinski definition) is 0. The zero-order valence-corrected chi connectivity index (χ0v) is 32.3. The summed E-state index contributed by atoms with van der Waals surface area (Å²) in [7, 11) is 0. The largest absolute Gasteiger partial charge is 0.310 e. The van der Waals surface area contributed by atoms with Gasteiger partial charge in [0.1, 0.15) is 0 Å². The molecule has 0 aliphatic carbocycles. The summed E-state index contributed by atoms with van der Waals surface area (Å²) < 4.78 is 2.15. The highest BCUT2D eigenvalue weighted by Crippen LogP contribution is 2.41. The van der Waals surface area contributed by atoms with Crippen LogP contribution < -0.4 is 4.90 Å². The van der Waals surface area contributed by atoms with Crippen molar-refractivity contribution in [3.63, 3.8) is 0 Å². The van der Waals surface area contributed by atoms with Crippen LogP contribution in [0.1, 0.15) is 11.1 Å². The molecule has 0 aliphatic rings. The van der Waals surface area contributed by atoms with Crippen LogP contribution in [0.5, 0.6) is 0 Å². The van der Waals surface area contributed by atoms with Crippen LogP contribution in [0.2, 0.25) is 0 Å². The van der Waals surface area contributed by atoms with Crippen LogP contribution >= 0.6 is 0 Å². The molecule has 10 aromatic rings. The van der Waals surface area contributed by atoms with Gasteiger partial charge in [0.2, 0.25) is 0 Å². The number of anilines is 3. The van der Waals surface area contributed by atoms with Gasteiger partial charge in [0, 0.05) is 55.8 Å². The Labute approximate surface area is 347 Å². The normalized spacial score (nSPS) is 11.0. The Balaban J connectivity index is 1.07. The van der Waals surface area contributed by atoms with E-state index in [0.717, 1.165) is 78.2 Å². The highest BCUT2D eigenvalue weighted by atomic mass is 15.1. The predicted octanol–water partition coefficient (Wildman–Crippen LogP) is 13.5. The minimum atomic E-state index is 0.415. The molecule has 0 saturated carbocycles. The van der Waals surface area contributed by atoms with Crippen molar-refractivity contribution in [2.75, 3.05) is 4.90 Å². The SMILES string of the molecule is N#Cc1cc(-n2c3ccccc3c3cc(N(c4ccccc4)c4ccccc4)ccc32)cc(C#N)c1-c1ccc(-c2cc(-c3ccccc3)nc(-c3ccccc3)n2)cc1. The van der Waals surface area contributed by atoms with E-state index in [1.165, 1.54) is 0 Å². The van der Waals surface area contributed by atoms with Crippen molar-refractivity contribution >= 4 is 38.9 Å². The molecule has 10 rings (SSSR count). The molecule has 0 atom stereocenters. The lowest BCUT2D eigenvalue weighted by Crippen LogP contribution is -2.09. The summed E-state index contributed by atoms with van der Waals surface area (Å²) in [5.41, 5.74) is 12.4. The number of nitriles is 2. The zero-order valence-electron chi connectivity index (χ0n) is 32.3. The molecule has 0 fully saturated rings. The first kappa shape index (κ1) is 35.8. The number of aromatic nitrogens is 3. The molecule has 0 N–H and O–H groups in total. The summed E-state index contributed by atoms with van der Waals surface area (Å²) in [6, 6.07) is 74.1. The summed E-state index contributed by atoms with van der Waals surface area (Å²) in [4.78, 5) is 12.2. The fourth-order valence-corrected chi connectivity index (χ4v) is 8.10. The van der Waals surface area contributed by atoms with E-state index < -0.39 is 0 Å². The van der Waals surface area contributed by atoms with Crippen molar-refractivity contribution in [1.29, 1.82) is 10.5 Å². The Kier molecular flexibility index (Phi) is 9.19. The van der Waals surface area contributed by atoms with Gasteiger partial charge in [-0.25, -0.2) is 9.97 Å². The minimum Gasteiger partial charge on any atom is -0.310 e. The van der Waals surface area contributed by atoms with Crippen molar-refractivity contribution in [1.82, 2.24) is 14.5 Å². The molecule has 8 aromatic carbocycles. The lowest BCUT2D eigenvalue weighted by atomic mass is 9.93. The zero-order chi connectivity index (χ0) is 40.4. The average molecular weight is 767 g/mol. The smallest absolute Gasteiger partial charge is 0.160 e. The maximum absolute atomic E-state index is 10.7. The van der Waals surface area contributed by atoms with E-state index in [4.69, 9.17) is 9.97 Å². The van der Waals surface area contributed by atoms with Gasteiger partial charge in [-0.2, -0.15) is 10.5 Å². The molecule has 6 nitrogen and oxygen atoms in total. The Morgan fingerprint density at radius 1 is 0.400 bits per heavy atom. The van der Waals surface area contributed by atoms with Crippen LogP contribution in [-0.2, 0) is 0 Å². The maximum Gasteiger partial charge on any atom is 0.160 e. The molecule has 280 valence electrons. The molecule has 0 saturated heterocycles. The molecule has 0 spiro atoms. The van der Waals surface area contributed by atoms with Crippen LogP contribution in [0.3, 0.4) is 0 Å². The maximum atomic E-state index is 10.7. The molecule has 6 heteroatoms. The average Bonchev–Trinajstić information content (AvgIpc) is 3.66. The Morgan fingerprint density at radius 3 is 1.47 bits per heavy atom. The van der Waals surface area contributed by atoms with E-state index >= 15 is 0 Å². The molecule has 0 unspecified atom stereocenters. The number of nitrogens with zero attached hydrogens (tertiary/aromatic N) is 6. The summed E-state index contributed by atoms with van der Waals surface area (Å²) in [5.74, 6) is 0.635. The topological polar surface area (TPSA) is 81.5 Å². The van der Waals surface area contributed by atoms with Crippen molar-refractivity contribution in [3.8, 4) is 62.9 Å². The summed E-state index contributed by atoms with van der Waals surface area (Å²) >= 11 is 0. The van der Waals surface area contributed by atoms with E-state index in [0.29, 0.717) is 22.5 Å². The van der Waals surface area contributed by atoms with E-state index in [9.17, 15) is 10.5 Å². The number of benzene rings is 8. The van der Waals surface area contributed by atoms with Gasteiger partial charge in [-0.15, -0.1) is 0 Å². The van der Waals surface area contributed by atoms with Crippen LogP contribution in [0.4, 0.5) is 17.1 Å². The van der Waals surface area contributed by atoms with Crippen LogP contribution in [0, 0.1) is 22.7 Å². The molecular formula is C54H34N6. The van der Waals surface area contributed by atoms with Gasteiger partial charge < -0.3 is 9.47 Å². The van der Waals surface area contributed by atoms with Crippen LogP contribution in [0.25, 0.3) is 72.5 Å². The van der Waals surface area contributed by atoms with Gasteiger partial charge in [-0.3, -0.25) is 0 Å². The lowest BCUT2D eigenvalue weighted by molar-refractivity contribution is 1.17. The van der Waals surface area contributed by atoms with Crippen LogP contribution in [-0.4, -0.2) is 14.5 Å². The molecule has 0 bridgehead atoms. The van der Waals surface area contributed by atoms with E-state index in [2.05, 4.69) is 100 Å². The van der Waals surface area contributed by atoms with Crippen molar-refractivity contribution in [2.45, 2.75) is 0 Å². The van der Waals surface area contributed by atoms with Crippen molar-refractivity contribution in [3.05, 3.63) is 217 Å². The Hall–Kier alpha value is -8.58. The molecule has 2 aromatic heterocycles. The first-order valence-electron chi connectivity index (χ1n) is 19.7. The minimum absolute atomic E-state index is 0.415. The lowest BCUT2D eigenvalue weighted by Gasteiger charge is -2.25. The molecule has 0 amide bonds. The van der Waals surface area contributed by atoms with Gasteiger partial charge in [0.05, 0.1) is 45.7 Å². The fraction of sp³-hybridized carbons (Fsp3) is 0. The molecular weight excluding hydrogens is 733 g/mol. The second-order valence-corrected chi connectivity index (χ2v) is 14.5. The highest BCUT2D eigenvalue weighted by molar-refractivity contribution is 6.11. The number of hydrogen-bond acceptors (Lipinski definition) is 5. The summed E-state index contributed by atoms with van der Waals surface area (Å²) in [6.45, 7) is 0. The molecule has 2 heterocycles. The fourth-order valence-electron chi connectivity index (χ4n) is 8.10. The first-order chi connectivity index (χ1) is 29.7. The van der Waals surface area contributed by atoms with Gasteiger partial charge >= 0.3 is 0 Å². The van der Waals surface area contributed by atoms with E-state index in [1.54, 1.807) is 0 Å². The third-order valence-electron chi connectivity index (χ3n) is 10.9. The molecule has 0 aliphatic heterocycles. The number of rotatable bonds is 8. The molecule has 0 radical (unpaired) electrons. The highest BCUT2D eigenvalue weighted by Gasteiger charge is 2.20. The number of fused-ring (bicyclic) bond motifs is 3. The van der Waals surface area contributed by atoms with Gasteiger partial charge in [0.15, 0.2) is 5.82 Å². The van der Waals surface area contributed by atoms with Crippen LogP contribution in [0.15, 0.2) is 206 Å². The second-order valence-electron chi connectivity index (χ2n) is 14.5. The Morgan fingerprint density at radius 2 is 0.883 bits per heavy atom. The van der Waals surface area contributed by atoms with Gasteiger partial charge in [-0.05, 0) is 72.3 Å². The van der Waals surface area contributed by atoms with Gasteiger partial charge in [0.25, 0.3) is 0 Å². The predicted molar refractivity (Wildman–Crippen MR) is 242 cm³/mol. The monoisotopic (exact) mass is 766 g/mol. The standard InChI is InChI=1S/C54H34N6/c55-35-41-31-46(60-51-24-14-13-23-47(51)48-33-45(29-30-52(48)60)59(43-19-9-3-10-20-43)44-21-11-4-12-22-44)32-42(36-56)53(41)39-27-25-38(26-28-39)50-34-49(37-15-5-1-6-16-37)57-54(58-50)40-17-7-2-8-18-40/h1-34H. The molecule has 60 heavy (non-hydrogen) atoms. The first-order valence-corrected chi connectivity index (χ1v) is 19.7. The van der Waals surface area contributed by atoms with E-state index in [1.807, 2.05) is 127 Å². The van der Waals surface area contributed by atoms with Crippen molar-refractivity contribution in [2.24, 2.45) is 0 Å². The second kappa shape index (κ2) is 15.4. The Bertz CT molecular complexity index is 3120. The third kappa shape index (κ3) is 6.51. The van der Waals surface area contributed by atoms with E-state index in [-0.39, 0.29) is 0 Å². The summed E-state index contributed by atoms with van der Waals surface area (Å²) in [6.07, 6.45) is 0. The third-order valence-corrected chi connectivity index (χ3v) is 10.9. The quantitative estimate of drug-likeness (QED) is 0.154. The van der Waals surface area contributed by atoms with Gasteiger partial charge in [-0.1, -0.05) is 140 Å². The summed E-state index contributed by atoms with van der Waals surface area (Å²) in [5, 5.41) is 23.5. The number of para-hydroxylation sites is 3. The van der Waals surface area contributed by atoms with Crippen molar-refractivity contribution < 1.29 is 0 Å².